The van der Waals surface area contributed by atoms with Gasteiger partial charge in [-0.25, -0.2) is 0 Å². The first-order chi connectivity index (χ1) is 14.6. The fourth-order valence-corrected chi connectivity index (χ4v) is 3.67. The number of alkyl halides is 3. The Balaban J connectivity index is 1.47. The Morgan fingerprint density at radius 1 is 1.00 bits per heavy atom. The Kier molecular flexibility index (Phi) is 7.33. The van der Waals surface area contributed by atoms with Crippen LogP contribution < -0.4 is 4.90 Å². The van der Waals surface area contributed by atoms with E-state index >= 15 is 0 Å². The number of ether oxygens (including phenoxy) is 1. The number of hydrogen-bond acceptors (Lipinski definition) is 4. The van der Waals surface area contributed by atoms with Gasteiger partial charge in [-0.3, -0.25) is 9.59 Å². The van der Waals surface area contributed by atoms with Crippen molar-refractivity contribution < 1.29 is 27.5 Å². The van der Waals surface area contributed by atoms with Crippen LogP contribution in [0.4, 0.5) is 18.9 Å². The Morgan fingerprint density at radius 2 is 1.71 bits per heavy atom. The van der Waals surface area contributed by atoms with E-state index in [1.165, 1.54) is 17.0 Å². The average Bonchev–Trinajstić information content (AvgIpc) is 2.73. The van der Waals surface area contributed by atoms with Crippen LogP contribution in [0.15, 0.2) is 42.5 Å². The molecule has 0 saturated carbocycles. The molecule has 0 bridgehead atoms. The number of benzene rings is 2. The molecule has 1 aliphatic heterocycles. The normalized spacial score (nSPS) is 14.5. The first-order valence-corrected chi connectivity index (χ1v) is 10.2. The van der Waals surface area contributed by atoms with Crippen molar-refractivity contribution in [2.75, 3.05) is 37.7 Å². The smallest absolute Gasteiger partial charge is 0.416 e. The van der Waals surface area contributed by atoms with E-state index < -0.39 is 24.3 Å². The zero-order valence-corrected chi connectivity index (χ0v) is 17.8. The standard InChI is InChI=1S/C21H19Cl2F3N2O3/c22-16-5-4-14(18(23)12-16)10-20(30)31-13-19(29)28-8-6-27(7-9-28)17-3-1-2-15(11-17)21(24,25)26/h1-5,11-12H,6-10,13H2. The second kappa shape index (κ2) is 9.78. The highest BCUT2D eigenvalue weighted by molar-refractivity contribution is 6.35. The third-order valence-electron chi connectivity index (χ3n) is 4.88. The SMILES string of the molecule is O=C(Cc1ccc(Cl)cc1Cl)OCC(=O)N1CCN(c2cccc(C(F)(F)F)c2)CC1. The largest absolute Gasteiger partial charge is 0.455 e. The van der Waals surface area contributed by atoms with Gasteiger partial charge in [-0.15, -0.1) is 0 Å². The predicted octanol–water partition coefficient (Wildman–Crippen LogP) is 4.45. The molecule has 3 rings (SSSR count). The maximum Gasteiger partial charge on any atom is 0.416 e. The van der Waals surface area contributed by atoms with E-state index in [4.69, 9.17) is 27.9 Å². The van der Waals surface area contributed by atoms with Crippen molar-refractivity contribution in [3.63, 3.8) is 0 Å². The van der Waals surface area contributed by atoms with Gasteiger partial charge in [0.2, 0.25) is 0 Å². The zero-order chi connectivity index (χ0) is 22.6. The molecule has 31 heavy (non-hydrogen) atoms. The van der Waals surface area contributed by atoms with Gasteiger partial charge in [-0.2, -0.15) is 13.2 Å². The van der Waals surface area contributed by atoms with Gasteiger partial charge in [0, 0.05) is 41.9 Å². The van der Waals surface area contributed by atoms with Crippen LogP contribution in [0.2, 0.25) is 10.0 Å². The molecule has 5 nitrogen and oxygen atoms in total. The lowest BCUT2D eigenvalue weighted by Crippen LogP contribution is -2.50. The van der Waals surface area contributed by atoms with Crippen LogP contribution in [-0.4, -0.2) is 49.6 Å². The number of carbonyl (C=O) groups excluding carboxylic acids is 2. The molecule has 0 aliphatic carbocycles. The first-order valence-electron chi connectivity index (χ1n) is 9.43. The molecule has 2 aromatic rings. The van der Waals surface area contributed by atoms with Crippen LogP contribution >= 0.6 is 23.2 Å². The summed E-state index contributed by atoms with van der Waals surface area (Å²) < 4.78 is 43.8. The van der Waals surface area contributed by atoms with Gasteiger partial charge in [0.05, 0.1) is 12.0 Å². The minimum absolute atomic E-state index is 0.0907. The topological polar surface area (TPSA) is 49.9 Å². The Morgan fingerprint density at radius 3 is 2.35 bits per heavy atom. The van der Waals surface area contributed by atoms with Gasteiger partial charge in [0.1, 0.15) is 0 Å². The van der Waals surface area contributed by atoms with Crippen molar-refractivity contribution in [1.82, 2.24) is 4.90 Å². The number of nitrogens with zero attached hydrogens (tertiary/aromatic N) is 2. The Bertz CT molecular complexity index is 961. The molecule has 0 aromatic heterocycles. The fraction of sp³-hybridized carbons (Fsp3) is 0.333. The third-order valence-corrected chi connectivity index (χ3v) is 5.46. The number of hydrogen-bond donors (Lipinski definition) is 0. The number of rotatable bonds is 5. The van der Waals surface area contributed by atoms with Crippen LogP contribution in [0.3, 0.4) is 0 Å². The summed E-state index contributed by atoms with van der Waals surface area (Å²) >= 11 is 11.8. The molecule has 2 aromatic carbocycles. The molecule has 0 unspecified atom stereocenters. The third kappa shape index (κ3) is 6.27. The van der Waals surface area contributed by atoms with Crippen LogP contribution in [0.1, 0.15) is 11.1 Å². The molecule has 1 fully saturated rings. The molecule has 0 atom stereocenters. The zero-order valence-electron chi connectivity index (χ0n) is 16.3. The van der Waals surface area contributed by atoms with Crippen molar-refractivity contribution in [3.05, 3.63) is 63.6 Å². The molecule has 0 spiro atoms. The second-order valence-electron chi connectivity index (χ2n) is 6.99. The van der Waals surface area contributed by atoms with Crippen molar-refractivity contribution >= 4 is 40.8 Å². The highest BCUT2D eigenvalue weighted by Gasteiger charge is 2.31. The molecule has 0 radical (unpaired) electrons. The van der Waals surface area contributed by atoms with Crippen LogP contribution in [0.25, 0.3) is 0 Å². The van der Waals surface area contributed by atoms with E-state index in [0.717, 1.165) is 12.1 Å². The van der Waals surface area contributed by atoms with Crippen LogP contribution in [-0.2, 0) is 26.9 Å². The highest BCUT2D eigenvalue weighted by Crippen LogP contribution is 2.32. The minimum Gasteiger partial charge on any atom is -0.455 e. The molecular weight excluding hydrogens is 456 g/mol. The number of halogens is 5. The molecule has 1 heterocycles. The molecule has 1 saturated heterocycles. The number of piperazine rings is 1. The summed E-state index contributed by atoms with van der Waals surface area (Å²) in [4.78, 5) is 27.6. The van der Waals surface area contributed by atoms with Crippen LogP contribution in [0.5, 0.6) is 0 Å². The molecule has 1 amide bonds. The summed E-state index contributed by atoms with van der Waals surface area (Å²) in [7, 11) is 0. The van der Waals surface area contributed by atoms with E-state index in [1.54, 1.807) is 23.1 Å². The molecule has 10 heteroatoms. The Hall–Kier alpha value is -2.45. The summed E-state index contributed by atoms with van der Waals surface area (Å²) in [6.45, 7) is 0.974. The Labute approximate surface area is 187 Å². The quantitative estimate of drug-likeness (QED) is 0.600. The monoisotopic (exact) mass is 474 g/mol. The fourth-order valence-electron chi connectivity index (χ4n) is 3.20. The maximum atomic E-state index is 12.9. The van der Waals surface area contributed by atoms with Crippen molar-refractivity contribution in [3.8, 4) is 0 Å². The first kappa shape index (κ1) is 23.2. The lowest BCUT2D eigenvalue weighted by atomic mass is 10.1. The molecule has 1 aliphatic rings. The lowest BCUT2D eigenvalue weighted by molar-refractivity contribution is -0.151. The average molecular weight is 475 g/mol. The van der Waals surface area contributed by atoms with Crippen molar-refractivity contribution in [2.45, 2.75) is 12.6 Å². The summed E-state index contributed by atoms with van der Waals surface area (Å²) in [5.41, 5.74) is 0.280. The van der Waals surface area contributed by atoms with E-state index in [1.807, 2.05) is 0 Å². The minimum atomic E-state index is -4.41. The van der Waals surface area contributed by atoms with Crippen molar-refractivity contribution in [2.24, 2.45) is 0 Å². The van der Waals surface area contributed by atoms with Gasteiger partial charge in [0.25, 0.3) is 5.91 Å². The number of anilines is 1. The van der Waals surface area contributed by atoms with Gasteiger partial charge in [-0.1, -0.05) is 35.3 Å². The van der Waals surface area contributed by atoms with Gasteiger partial charge in [-0.05, 0) is 35.9 Å². The van der Waals surface area contributed by atoms with Crippen molar-refractivity contribution in [1.29, 1.82) is 0 Å². The number of esters is 1. The summed E-state index contributed by atoms with van der Waals surface area (Å²) in [5.74, 6) is -0.959. The summed E-state index contributed by atoms with van der Waals surface area (Å²) in [6.07, 6.45) is -4.50. The molecular formula is C21H19Cl2F3N2O3. The van der Waals surface area contributed by atoms with Crippen LogP contribution in [0, 0.1) is 0 Å². The maximum absolute atomic E-state index is 12.9. The predicted molar refractivity (Wildman–Crippen MR) is 111 cm³/mol. The number of amides is 1. The van der Waals surface area contributed by atoms with Gasteiger partial charge in [0.15, 0.2) is 6.61 Å². The summed E-state index contributed by atoms with van der Waals surface area (Å²) in [6, 6.07) is 9.82. The van der Waals surface area contributed by atoms with Gasteiger partial charge >= 0.3 is 12.1 Å². The number of carbonyl (C=O) groups is 2. The highest BCUT2D eigenvalue weighted by atomic mass is 35.5. The van der Waals surface area contributed by atoms with E-state index in [-0.39, 0.29) is 12.3 Å². The molecule has 0 N–H and O–H groups in total. The van der Waals surface area contributed by atoms with E-state index in [0.29, 0.717) is 47.5 Å². The van der Waals surface area contributed by atoms with E-state index in [2.05, 4.69) is 0 Å². The lowest BCUT2D eigenvalue weighted by Gasteiger charge is -2.36. The van der Waals surface area contributed by atoms with E-state index in [9.17, 15) is 22.8 Å². The summed E-state index contributed by atoms with van der Waals surface area (Å²) in [5, 5.41) is 0.781. The molecule has 166 valence electrons. The van der Waals surface area contributed by atoms with Gasteiger partial charge < -0.3 is 14.5 Å². The second-order valence-corrected chi connectivity index (χ2v) is 7.83.